The summed E-state index contributed by atoms with van der Waals surface area (Å²) >= 11 is 0. The average Bonchev–Trinajstić information content (AvgIpc) is 2.58. The molecule has 27 heavy (non-hydrogen) atoms. The highest BCUT2D eigenvalue weighted by Crippen LogP contribution is 2.24. The highest BCUT2D eigenvalue weighted by molar-refractivity contribution is 7.89. The molecule has 0 saturated carbocycles. The van der Waals surface area contributed by atoms with Gasteiger partial charge in [0, 0.05) is 12.7 Å². The van der Waals surface area contributed by atoms with E-state index in [4.69, 9.17) is 4.74 Å². The third-order valence-electron chi connectivity index (χ3n) is 3.92. The first-order chi connectivity index (χ1) is 12.6. The van der Waals surface area contributed by atoms with Crippen molar-refractivity contribution in [3.8, 4) is 5.75 Å². The zero-order valence-corrected chi connectivity index (χ0v) is 17.1. The van der Waals surface area contributed by atoms with Crippen LogP contribution in [0.4, 0.5) is 5.69 Å². The molecular weight excluding hydrogens is 364 g/mol. The molecule has 1 amide bonds. The van der Waals surface area contributed by atoms with E-state index in [1.54, 1.807) is 31.2 Å². The van der Waals surface area contributed by atoms with Crippen LogP contribution in [0, 0.1) is 13.8 Å². The molecule has 0 bridgehead atoms. The summed E-state index contributed by atoms with van der Waals surface area (Å²) in [6.07, 6.45) is -0.000648. The Morgan fingerprint density at radius 2 is 1.74 bits per heavy atom. The van der Waals surface area contributed by atoms with Crippen LogP contribution >= 0.6 is 0 Å². The van der Waals surface area contributed by atoms with Gasteiger partial charge in [0.15, 0.2) is 0 Å². The van der Waals surface area contributed by atoms with Crippen LogP contribution < -0.4 is 10.1 Å². The lowest BCUT2D eigenvalue weighted by molar-refractivity contribution is -0.116. The van der Waals surface area contributed by atoms with E-state index < -0.39 is 15.9 Å². The number of carbonyl (C=O) groups excluding carboxylic acids is 1. The minimum Gasteiger partial charge on any atom is -0.491 e. The van der Waals surface area contributed by atoms with Gasteiger partial charge in [-0.15, -0.1) is 0 Å². The van der Waals surface area contributed by atoms with Crippen molar-refractivity contribution < 1.29 is 17.9 Å². The van der Waals surface area contributed by atoms with Crippen LogP contribution in [0.3, 0.4) is 0 Å². The van der Waals surface area contributed by atoms with Gasteiger partial charge in [0.2, 0.25) is 15.9 Å². The normalized spacial score (nSPS) is 11.7. The zero-order valence-electron chi connectivity index (χ0n) is 16.3. The number of sulfonamides is 1. The number of hydrogen-bond donors (Lipinski definition) is 1. The number of anilines is 1. The molecule has 0 saturated heterocycles. The standard InChI is InChI=1S/C20H26N2O4S/c1-14(2)26-19-11-10-18(12-16(19)4)27(24,25)22(5)13-20(23)21-17-8-6-15(3)7-9-17/h6-12,14H,13H2,1-5H3,(H,21,23). The van der Waals surface area contributed by atoms with Crippen molar-refractivity contribution in [2.75, 3.05) is 18.9 Å². The van der Waals surface area contributed by atoms with Crippen LogP contribution in [0.5, 0.6) is 5.75 Å². The van der Waals surface area contributed by atoms with Crippen LogP contribution in [-0.2, 0) is 14.8 Å². The molecule has 0 radical (unpaired) electrons. The molecule has 146 valence electrons. The first-order valence-corrected chi connectivity index (χ1v) is 10.1. The van der Waals surface area contributed by atoms with Crippen molar-refractivity contribution in [3.63, 3.8) is 0 Å². The molecule has 0 fully saturated rings. The molecule has 0 aromatic heterocycles. The number of nitrogens with one attached hydrogen (secondary N) is 1. The van der Waals surface area contributed by atoms with Crippen molar-refractivity contribution >= 4 is 21.6 Å². The number of benzene rings is 2. The SMILES string of the molecule is Cc1ccc(NC(=O)CN(C)S(=O)(=O)c2ccc(OC(C)C)c(C)c2)cc1. The molecule has 2 aromatic rings. The summed E-state index contributed by atoms with van der Waals surface area (Å²) in [5.41, 5.74) is 2.43. The molecule has 0 heterocycles. The third kappa shape index (κ3) is 5.55. The Morgan fingerprint density at radius 1 is 1.11 bits per heavy atom. The van der Waals surface area contributed by atoms with Gasteiger partial charge in [-0.1, -0.05) is 17.7 Å². The maximum absolute atomic E-state index is 12.8. The Bertz CT molecular complexity index is 906. The summed E-state index contributed by atoms with van der Waals surface area (Å²) in [7, 11) is -2.40. The van der Waals surface area contributed by atoms with E-state index in [0.717, 1.165) is 15.4 Å². The van der Waals surface area contributed by atoms with Crippen LogP contribution in [0.1, 0.15) is 25.0 Å². The summed E-state index contributed by atoms with van der Waals surface area (Å²) in [5.74, 6) is 0.241. The van der Waals surface area contributed by atoms with Gasteiger partial charge in [-0.3, -0.25) is 4.79 Å². The predicted molar refractivity (Wildman–Crippen MR) is 107 cm³/mol. The van der Waals surface area contributed by atoms with E-state index in [-0.39, 0.29) is 17.5 Å². The Kier molecular flexibility index (Phi) is 6.62. The van der Waals surface area contributed by atoms with E-state index in [0.29, 0.717) is 11.4 Å². The Balaban J connectivity index is 2.09. The Morgan fingerprint density at radius 3 is 2.30 bits per heavy atom. The fraction of sp³-hybridized carbons (Fsp3) is 0.350. The maximum atomic E-state index is 12.8. The highest BCUT2D eigenvalue weighted by Gasteiger charge is 2.24. The second-order valence-electron chi connectivity index (χ2n) is 6.77. The second-order valence-corrected chi connectivity index (χ2v) is 8.81. The van der Waals surface area contributed by atoms with Gasteiger partial charge in [-0.05, 0) is 63.6 Å². The monoisotopic (exact) mass is 390 g/mol. The average molecular weight is 391 g/mol. The number of likely N-dealkylation sites (N-methyl/N-ethyl adjacent to an activating group) is 1. The van der Waals surface area contributed by atoms with Crippen molar-refractivity contribution in [2.24, 2.45) is 0 Å². The van der Waals surface area contributed by atoms with Gasteiger partial charge in [-0.2, -0.15) is 4.31 Å². The van der Waals surface area contributed by atoms with E-state index in [1.165, 1.54) is 13.1 Å². The van der Waals surface area contributed by atoms with Gasteiger partial charge >= 0.3 is 0 Å². The highest BCUT2D eigenvalue weighted by atomic mass is 32.2. The van der Waals surface area contributed by atoms with Crippen molar-refractivity contribution in [2.45, 2.75) is 38.7 Å². The fourth-order valence-electron chi connectivity index (χ4n) is 2.47. The lowest BCUT2D eigenvalue weighted by Crippen LogP contribution is -2.35. The summed E-state index contributed by atoms with van der Waals surface area (Å²) in [6, 6.07) is 12.0. The van der Waals surface area contributed by atoms with Gasteiger partial charge in [0.25, 0.3) is 0 Å². The molecular formula is C20H26N2O4S. The molecule has 0 atom stereocenters. The van der Waals surface area contributed by atoms with Gasteiger partial charge < -0.3 is 10.1 Å². The predicted octanol–water partition coefficient (Wildman–Crippen LogP) is 3.35. The largest absolute Gasteiger partial charge is 0.491 e. The van der Waals surface area contributed by atoms with Crippen LogP contribution in [0.2, 0.25) is 0 Å². The molecule has 0 unspecified atom stereocenters. The second kappa shape index (κ2) is 8.54. The number of ether oxygens (including phenoxy) is 1. The van der Waals surface area contributed by atoms with Gasteiger partial charge in [-0.25, -0.2) is 8.42 Å². The molecule has 0 aliphatic rings. The molecule has 1 N–H and O–H groups in total. The van der Waals surface area contributed by atoms with Crippen LogP contribution in [-0.4, -0.2) is 38.3 Å². The molecule has 0 aliphatic carbocycles. The molecule has 0 aliphatic heterocycles. The zero-order chi connectivity index (χ0) is 20.2. The first kappa shape index (κ1) is 20.9. The fourth-order valence-corrected chi connectivity index (χ4v) is 3.69. The van der Waals surface area contributed by atoms with Crippen LogP contribution in [0.25, 0.3) is 0 Å². The summed E-state index contributed by atoms with van der Waals surface area (Å²) in [4.78, 5) is 12.3. The lowest BCUT2D eigenvalue weighted by Gasteiger charge is -2.18. The summed E-state index contributed by atoms with van der Waals surface area (Å²) in [5, 5.41) is 2.70. The van der Waals surface area contributed by atoms with Crippen molar-refractivity contribution in [3.05, 3.63) is 53.6 Å². The van der Waals surface area contributed by atoms with Gasteiger partial charge in [0.1, 0.15) is 5.75 Å². The van der Waals surface area contributed by atoms with E-state index in [2.05, 4.69) is 5.32 Å². The molecule has 6 nitrogen and oxygen atoms in total. The Labute approximate surface area is 161 Å². The third-order valence-corrected chi connectivity index (χ3v) is 5.72. The molecule has 0 spiro atoms. The number of rotatable bonds is 7. The quantitative estimate of drug-likeness (QED) is 0.787. The number of hydrogen-bond acceptors (Lipinski definition) is 4. The van der Waals surface area contributed by atoms with Crippen molar-refractivity contribution in [1.82, 2.24) is 4.31 Å². The van der Waals surface area contributed by atoms with E-state index in [9.17, 15) is 13.2 Å². The van der Waals surface area contributed by atoms with E-state index >= 15 is 0 Å². The minimum atomic E-state index is -3.78. The summed E-state index contributed by atoms with van der Waals surface area (Å²) < 4.78 is 32.2. The number of amides is 1. The topological polar surface area (TPSA) is 75.7 Å². The maximum Gasteiger partial charge on any atom is 0.243 e. The van der Waals surface area contributed by atoms with Crippen molar-refractivity contribution in [1.29, 1.82) is 0 Å². The molecule has 7 heteroatoms. The number of nitrogens with zero attached hydrogens (tertiary/aromatic N) is 1. The molecule has 2 rings (SSSR count). The lowest BCUT2D eigenvalue weighted by atomic mass is 10.2. The summed E-state index contributed by atoms with van der Waals surface area (Å²) in [6.45, 7) is 7.28. The first-order valence-electron chi connectivity index (χ1n) is 8.70. The van der Waals surface area contributed by atoms with Crippen LogP contribution in [0.15, 0.2) is 47.4 Å². The Hall–Kier alpha value is -2.38. The number of aryl methyl sites for hydroxylation is 2. The smallest absolute Gasteiger partial charge is 0.243 e. The molecule has 2 aromatic carbocycles. The van der Waals surface area contributed by atoms with Gasteiger partial charge in [0.05, 0.1) is 17.5 Å². The number of carbonyl (C=O) groups is 1. The minimum absolute atomic E-state index is 0.000648. The van der Waals surface area contributed by atoms with E-state index in [1.807, 2.05) is 32.9 Å².